The van der Waals surface area contributed by atoms with E-state index in [1.54, 1.807) is 0 Å². The molecular formula is C16H26ClN3. The van der Waals surface area contributed by atoms with E-state index < -0.39 is 0 Å². The van der Waals surface area contributed by atoms with Crippen molar-refractivity contribution >= 4 is 23.0 Å². The molecule has 3 nitrogen and oxygen atoms in total. The number of halogens is 1. The van der Waals surface area contributed by atoms with E-state index in [0.717, 1.165) is 10.7 Å². The molecule has 0 unspecified atom stereocenters. The van der Waals surface area contributed by atoms with Gasteiger partial charge in [0.15, 0.2) is 0 Å². The summed E-state index contributed by atoms with van der Waals surface area (Å²) in [5, 5.41) is 4.47. The first-order chi connectivity index (χ1) is 9.60. The minimum Gasteiger partial charge on any atom is -0.380 e. The lowest BCUT2D eigenvalue weighted by Crippen LogP contribution is -2.39. The van der Waals surface area contributed by atoms with Gasteiger partial charge in [0.05, 0.1) is 11.4 Å². The Hall–Kier alpha value is -0.930. The van der Waals surface area contributed by atoms with Crippen molar-refractivity contribution < 1.29 is 0 Å². The molecule has 1 aliphatic heterocycles. The number of benzene rings is 1. The third-order valence-electron chi connectivity index (χ3n) is 3.93. The molecule has 0 aliphatic carbocycles. The van der Waals surface area contributed by atoms with E-state index in [4.69, 9.17) is 11.6 Å². The number of piperidine rings is 1. The molecule has 1 aromatic carbocycles. The summed E-state index contributed by atoms with van der Waals surface area (Å²) in [7, 11) is 4.14. The van der Waals surface area contributed by atoms with Crippen LogP contribution in [0, 0.1) is 0 Å². The first-order valence-electron chi connectivity index (χ1n) is 7.56. The highest BCUT2D eigenvalue weighted by Gasteiger charge is 2.19. The molecule has 0 saturated carbocycles. The van der Waals surface area contributed by atoms with Crippen molar-refractivity contribution in [3.63, 3.8) is 0 Å². The highest BCUT2D eigenvalue weighted by atomic mass is 35.5. The Bertz CT molecular complexity index is 426. The lowest BCUT2D eigenvalue weighted by molar-refractivity contribution is 0.219. The van der Waals surface area contributed by atoms with E-state index in [-0.39, 0.29) is 0 Å². The molecule has 1 fully saturated rings. The molecule has 4 heteroatoms. The van der Waals surface area contributed by atoms with Gasteiger partial charge in [-0.3, -0.25) is 0 Å². The number of hydrogen-bond acceptors (Lipinski definition) is 3. The molecule has 1 aliphatic rings. The maximum absolute atomic E-state index is 6.14. The van der Waals surface area contributed by atoms with Gasteiger partial charge in [-0.05, 0) is 44.0 Å². The summed E-state index contributed by atoms with van der Waals surface area (Å²) in [6.45, 7) is 5.87. The molecule has 1 saturated heterocycles. The van der Waals surface area contributed by atoms with Gasteiger partial charge in [-0.25, -0.2) is 0 Å². The molecule has 1 N–H and O–H groups in total. The minimum absolute atomic E-state index is 0.556. The Morgan fingerprint density at radius 2 is 2.00 bits per heavy atom. The Morgan fingerprint density at radius 1 is 1.30 bits per heavy atom. The molecule has 20 heavy (non-hydrogen) atoms. The SMILES string of the molecule is CCCN1CCC(Nc2cc(Cl)ccc2N(C)C)CC1. The fraction of sp³-hybridized carbons (Fsp3) is 0.625. The molecule has 1 aromatic rings. The van der Waals surface area contributed by atoms with Gasteiger partial charge >= 0.3 is 0 Å². The zero-order valence-electron chi connectivity index (χ0n) is 12.8. The largest absolute Gasteiger partial charge is 0.380 e. The summed E-state index contributed by atoms with van der Waals surface area (Å²) in [6.07, 6.45) is 3.66. The maximum atomic E-state index is 6.14. The maximum Gasteiger partial charge on any atom is 0.0597 e. The molecule has 0 radical (unpaired) electrons. The van der Waals surface area contributed by atoms with Crippen LogP contribution in [-0.4, -0.2) is 44.7 Å². The van der Waals surface area contributed by atoms with Gasteiger partial charge < -0.3 is 15.1 Å². The number of nitrogens with one attached hydrogen (secondary N) is 1. The monoisotopic (exact) mass is 295 g/mol. The number of anilines is 2. The first-order valence-corrected chi connectivity index (χ1v) is 7.93. The van der Waals surface area contributed by atoms with Crippen molar-refractivity contribution in [2.24, 2.45) is 0 Å². The van der Waals surface area contributed by atoms with Gasteiger partial charge in [0.25, 0.3) is 0 Å². The number of nitrogens with zero attached hydrogens (tertiary/aromatic N) is 2. The van der Waals surface area contributed by atoms with Crippen molar-refractivity contribution in [3.8, 4) is 0 Å². The van der Waals surface area contributed by atoms with Crippen LogP contribution >= 0.6 is 11.6 Å². The Balaban J connectivity index is 1.98. The average molecular weight is 296 g/mol. The second-order valence-corrected chi connectivity index (χ2v) is 6.25. The highest BCUT2D eigenvalue weighted by molar-refractivity contribution is 6.31. The molecule has 0 atom stereocenters. The molecule has 0 spiro atoms. The molecule has 1 heterocycles. The van der Waals surface area contributed by atoms with Crippen LogP contribution in [0.5, 0.6) is 0 Å². The van der Waals surface area contributed by atoms with Crippen LogP contribution in [-0.2, 0) is 0 Å². The lowest BCUT2D eigenvalue weighted by atomic mass is 10.0. The van der Waals surface area contributed by atoms with Crippen LogP contribution < -0.4 is 10.2 Å². The van der Waals surface area contributed by atoms with E-state index in [1.807, 2.05) is 12.1 Å². The van der Waals surface area contributed by atoms with Gasteiger partial charge in [0.2, 0.25) is 0 Å². The quantitative estimate of drug-likeness (QED) is 0.894. The van der Waals surface area contributed by atoms with Crippen LogP contribution in [0.2, 0.25) is 5.02 Å². The predicted molar refractivity (Wildman–Crippen MR) is 89.2 cm³/mol. The normalized spacial score (nSPS) is 17.2. The fourth-order valence-corrected chi connectivity index (χ4v) is 3.02. The van der Waals surface area contributed by atoms with Crippen molar-refractivity contribution in [1.82, 2.24) is 4.90 Å². The fourth-order valence-electron chi connectivity index (χ4n) is 2.85. The van der Waals surface area contributed by atoms with Crippen LogP contribution in [0.25, 0.3) is 0 Å². The van der Waals surface area contributed by atoms with Gasteiger partial charge in [0, 0.05) is 38.2 Å². The van der Waals surface area contributed by atoms with Gasteiger partial charge in [-0.15, -0.1) is 0 Å². The zero-order chi connectivity index (χ0) is 14.5. The summed E-state index contributed by atoms with van der Waals surface area (Å²) in [5.74, 6) is 0. The first kappa shape index (κ1) is 15.5. The van der Waals surface area contributed by atoms with Gasteiger partial charge in [0.1, 0.15) is 0 Å². The van der Waals surface area contributed by atoms with Gasteiger partial charge in [-0.2, -0.15) is 0 Å². The van der Waals surface area contributed by atoms with Crippen LogP contribution in [0.4, 0.5) is 11.4 Å². The zero-order valence-corrected chi connectivity index (χ0v) is 13.6. The molecule has 0 amide bonds. The third-order valence-corrected chi connectivity index (χ3v) is 4.16. The number of rotatable bonds is 5. The third kappa shape index (κ3) is 4.03. The summed E-state index contributed by atoms with van der Waals surface area (Å²) in [4.78, 5) is 4.69. The Labute approximate surface area is 127 Å². The van der Waals surface area contributed by atoms with Crippen molar-refractivity contribution in [2.45, 2.75) is 32.2 Å². The molecule has 0 bridgehead atoms. The molecule has 2 rings (SSSR count). The van der Waals surface area contributed by atoms with E-state index in [2.05, 4.69) is 42.2 Å². The van der Waals surface area contributed by atoms with E-state index in [9.17, 15) is 0 Å². The second kappa shape index (κ2) is 7.19. The Kier molecular flexibility index (Phi) is 5.55. The summed E-state index contributed by atoms with van der Waals surface area (Å²) in [6, 6.07) is 6.62. The van der Waals surface area contributed by atoms with E-state index >= 15 is 0 Å². The van der Waals surface area contributed by atoms with E-state index in [1.165, 1.54) is 44.6 Å². The average Bonchev–Trinajstić information content (AvgIpc) is 2.41. The minimum atomic E-state index is 0.556. The molecule has 0 aromatic heterocycles. The van der Waals surface area contributed by atoms with Crippen molar-refractivity contribution in [3.05, 3.63) is 23.2 Å². The van der Waals surface area contributed by atoms with Gasteiger partial charge in [-0.1, -0.05) is 18.5 Å². The Morgan fingerprint density at radius 3 is 2.60 bits per heavy atom. The van der Waals surface area contributed by atoms with Crippen LogP contribution in [0.3, 0.4) is 0 Å². The molecule has 112 valence electrons. The summed E-state index contributed by atoms with van der Waals surface area (Å²) < 4.78 is 0. The van der Waals surface area contributed by atoms with Crippen LogP contribution in [0.1, 0.15) is 26.2 Å². The highest BCUT2D eigenvalue weighted by Crippen LogP contribution is 2.29. The summed E-state index contributed by atoms with van der Waals surface area (Å²) in [5.41, 5.74) is 2.35. The molecular weight excluding hydrogens is 270 g/mol. The second-order valence-electron chi connectivity index (χ2n) is 5.82. The topological polar surface area (TPSA) is 18.5 Å². The smallest absolute Gasteiger partial charge is 0.0597 e. The summed E-state index contributed by atoms with van der Waals surface area (Å²) >= 11 is 6.14. The van der Waals surface area contributed by atoms with Crippen molar-refractivity contribution in [1.29, 1.82) is 0 Å². The standard InChI is InChI=1S/C16H26ClN3/c1-4-9-20-10-7-14(8-11-20)18-15-12-13(17)5-6-16(15)19(2)3/h5-6,12,14,18H,4,7-11H2,1-3H3. The number of likely N-dealkylation sites (tertiary alicyclic amines) is 1. The van der Waals surface area contributed by atoms with E-state index in [0.29, 0.717) is 6.04 Å². The lowest BCUT2D eigenvalue weighted by Gasteiger charge is -2.33. The van der Waals surface area contributed by atoms with Crippen molar-refractivity contribution in [2.75, 3.05) is 43.9 Å². The predicted octanol–water partition coefficient (Wildman–Crippen LogP) is 3.69. The number of hydrogen-bond donors (Lipinski definition) is 1. The van der Waals surface area contributed by atoms with Crippen LogP contribution in [0.15, 0.2) is 18.2 Å².